The molecule has 0 spiro atoms. The summed E-state index contributed by atoms with van der Waals surface area (Å²) >= 11 is 6.18. The van der Waals surface area contributed by atoms with Crippen molar-refractivity contribution in [2.24, 2.45) is 0 Å². The maximum atomic E-state index is 12.7. The molecule has 0 aromatic heterocycles. The van der Waals surface area contributed by atoms with Crippen molar-refractivity contribution in [1.82, 2.24) is 0 Å². The Labute approximate surface area is 172 Å². The van der Waals surface area contributed by atoms with Crippen LogP contribution in [-0.2, 0) is 0 Å². The first kappa shape index (κ1) is 19.0. The van der Waals surface area contributed by atoms with Crippen LogP contribution >= 0.6 is 11.6 Å². The van der Waals surface area contributed by atoms with Crippen molar-refractivity contribution in [3.05, 3.63) is 65.2 Å². The van der Waals surface area contributed by atoms with Crippen LogP contribution in [0.3, 0.4) is 0 Å². The van der Waals surface area contributed by atoms with Gasteiger partial charge in [-0.05, 0) is 48.0 Å². The molecule has 7 heteroatoms. The van der Waals surface area contributed by atoms with E-state index in [4.69, 9.17) is 30.5 Å². The number of carbonyl (C=O) groups excluding carboxylic acids is 1. The highest BCUT2D eigenvalue weighted by molar-refractivity contribution is 6.32. The molecule has 0 atom stereocenters. The second-order valence-electron chi connectivity index (χ2n) is 6.29. The summed E-state index contributed by atoms with van der Waals surface area (Å²) < 4.78 is 21.3. The zero-order valence-corrected chi connectivity index (χ0v) is 16.6. The van der Waals surface area contributed by atoms with Gasteiger partial charge in [0.05, 0.1) is 19.2 Å². The largest absolute Gasteiger partial charge is 0.497 e. The molecular weight excluding hydrogens is 394 g/mol. The Morgan fingerprint density at radius 1 is 1.00 bits per heavy atom. The van der Waals surface area contributed by atoms with E-state index in [-0.39, 0.29) is 12.7 Å². The van der Waals surface area contributed by atoms with E-state index in [0.29, 0.717) is 33.5 Å². The average Bonchev–Trinajstić information content (AvgIpc) is 3.23. The first-order valence-electron chi connectivity index (χ1n) is 8.82. The van der Waals surface area contributed by atoms with E-state index in [1.54, 1.807) is 32.4 Å². The molecule has 0 fully saturated rings. The van der Waals surface area contributed by atoms with Gasteiger partial charge in [-0.3, -0.25) is 4.79 Å². The van der Waals surface area contributed by atoms with Gasteiger partial charge in [0.25, 0.3) is 5.91 Å². The quantitative estimate of drug-likeness (QED) is 0.639. The van der Waals surface area contributed by atoms with Gasteiger partial charge in [-0.2, -0.15) is 0 Å². The van der Waals surface area contributed by atoms with Gasteiger partial charge >= 0.3 is 0 Å². The standard InChI is InChI=1S/C22H18ClNO5/c1-26-16-6-3-13(4-7-16)17-11-15(5-8-19(17)27-2)24-22(25)14-9-18(23)21-20(10-14)28-12-29-21/h3-11H,12H2,1-2H3,(H,24,25). The van der Waals surface area contributed by atoms with Crippen molar-refractivity contribution in [1.29, 1.82) is 0 Å². The summed E-state index contributed by atoms with van der Waals surface area (Å²) in [6, 6.07) is 16.2. The second kappa shape index (κ2) is 7.93. The summed E-state index contributed by atoms with van der Waals surface area (Å²) in [7, 11) is 3.23. The van der Waals surface area contributed by atoms with Gasteiger partial charge in [-0.1, -0.05) is 23.7 Å². The van der Waals surface area contributed by atoms with Crippen LogP contribution in [0.2, 0.25) is 5.02 Å². The van der Waals surface area contributed by atoms with Crippen molar-refractivity contribution < 1.29 is 23.7 Å². The Morgan fingerprint density at radius 2 is 1.79 bits per heavy atom. The molecule has 0 radical (unpaired) electrons. The van der Waals surface area contributed by atoms with Crippen LogP contribution in [0.4, 0.5) is 5.69 Å². The Hall–Kier alpha value is -3.38. The van der Waals surface area contributed by atoms with Crippen molar-refractivity contribution >= 4 is 23.2 Å². The Morgan fingerprint density at radius 3 is 2.52 bits per heavy atom. The summed E-state index contributed by atoms with van der Waals surface area (Å²) in [6.07, 6.45) is 0. The molecule has 0 aliphatic carbocycles. The molecule has 3 aromatic carbocycles. The SMILES string of the molecule is COc1ccc(-c2cc(NC(=O)c3cc(Cl)c4c(c3)OCO4)ccc2OC)cc1. The first-order valence-corrected chi connectivity index (χ1v) is 9.20. The zero-order chi connectivity index (χ0) is 20.4. The van der Waals surface area contributed by atoms with E-state index < -0.39 is 0 Å². The van der Waals surface area contributed by atoms with Gasteiger partial charge in [0.15, 0.2) is 11.5 Å². The molecule has 1 N–H and O–H groups in total. The number of fused-ring (bicyclic) bond motifs is 1. The minimum absolute atomic E-state index is 0.0871. The van der Waals surface area contributed by atoms with E-state index in [1.165, 1.54) is 0 Å². The van der Waals surface area contributed by atoms with Gasteiger partial charge in [0, 0.05) is 16.8 Å². The maximum absolute atomic E-state index is 12.7. The molecule has 0 bridgehead atoms. The number of carbonyl (C=O) groups is 1. The van der Waals surface area contributed by atoms with Crippen LogP contribution in [0, 0.1) is 0 Å². The number of ether oxygens (including phenoxy) is 4. The number of benzene rings is 3. The molecule has 148 valence electrons. The van der Waals surface area contributed by atoms with Crippen molar-refractivity contribution in [3.63, 3.8) is 0 Å². The lowest BCUT2D eigenvalue weighted by atomic mass is 10.0. The van der Waals surface area contributed by atoms with E-state index in [1.807, 2.05) is 36.4 Å². The molecule has 4 rings (SSSR count). The fraction of sp³-hybridized carbons (Fsp3) is 0.136. The lowest BCUT2D eigenvalue weighted by Gasteiger charge is -2.13. The lowest BCUT2D eigenvalue weighted by Crippen LogP contribution is -2.12. The van der Waals surface area contributed by atoms with Gasteiger partial charge in [-0.25, -0.2) is 0 Å². The molecule has 1 aliphatic rings. The highest BCUT2D eigenvalue weighted by Crippen LogP contribution is 2.40. The van der Waals surface area contributed by atoms with Crippen LogP contribution in [0.15, 0.2) is 54.6 Å². The summed E-state index contributed by atoms with van der Waals surface area (Å²) in [5.41, 5.74) is 2.78. The van der Waals surface area contributed by atoms with Gasteiger partial charge < -0.3 is 24.3 Å². The summed E-state index contributed by atoms with van der Waals surface area (Å²) in [6.45, 7) is 0.0871. The van der Waals surface area contributed by atoms with Gasteiger partial charge in [-0.15, -0.1) is 0 Å². The highest BCUT2D eigenvalue weighted by atomic mass is 35.5. The monoisotopic (exact) mass is 411 g/mol. The van der Waals surface area contributed by atoms with Crippen LogP contribution in [-0.4, -0.2) is 26.9 Å². The minimum atomic E-state index is -0.309. The third-order valence-electron chi connectivity index (χ3n) is 4.55. The highest BCUT2D eigenvalue weighted by Gasteiger charge is 2.21. The Balaban J connectivity index is 1.62. The zero-order valence-electron chi connectivity index (χ0n) is 15.8. The average molecular weight is 412 g/mol. The molecule has 0 unspecified atom stereocenters. The molecular formula is C22H18ClNO5. The van der Waals surface area contributed by atoms with Crippen LogP contribution in [0.25, 0.3) is 11.1 Å². The summed E-state index contributed by atoms with van der Waals surface area (Å²) in [5, 5.41) is 3.22. The number of amides is 1. The smallest absolute Gasteiger partial charge is 0.255 e. The first-order chi connectivity index (χ1) is 14.1. The predicted octanol–water partition coefficient (Wildman–Crippen LogP) is 5.01. The predicted molar refractivity (Wildman–Crippen MR) is 111 cm³/mol. The molecule has 6 nitrogen and oxygen atoms in total. The topological polar surface area (TPSA) is 66.0 Å². The van der Waals surface area contributed by atoms with E-state index in [9.17, 15) is 4.79 Å². The van der Waals surface area contributed by atoms with E-state index in [2.05, 4.69) is 5.32 Å². The Kier molecular flexibility index (Phi) is 5.18. The van der Waals surface area contributed by atoms with Crippen LogP contribution in [0.1, 0.15) is 10.4 Å². The molecule has 0 saturated heterocycles. The Bertz CT molecular complexity index is 1070. The lowest BCUT2D eigenvalue weighted by molar-refractivity contribution is 0.102. The van der Waals surface area contributed by atoms with Gasteiger partial charge in [0.2, 0.25) is 6.79 Å². The third kappa shape index (κ3) is 3.79. The summed E-state index contributed by atoms with van der Waals surface area (Å²) in [4.78, 5) is 12.7. The maximum Gasteiger partial charge on any atom is 0.255 e. The number of halogens is 1. The van der Waals surface area contributed by atoms with Crippen molar-refractivity contribution in [3.8, 4) is 34.1 Å². The molecule has 1 heterocycles. The van der Waals surface area contributed by atoms with Gasteiger partial charge in [0.1, 0.15) is 11.5 Å². The normalized spacial score (nSPS) is 11.8. The number of rotatable bonds is 5. The number of methoxy groups -OCH3 is 2. The number of nitrogens with one attached hydrogen (secondary N) is 1. The van der Waals surface area contributed by atoms with E-state index in [0.717, 1.165) is 16.9 Å². The fourth-order valence-electron chi connectivity index (χ4n) is 3.08. The fourth-order valence-corrected chi connectivity index (χ4v) is 3.35. The van der Waals surface area contributed by atoms with Crippen molar-refractivity contribution in [2.75, 3.05) is 26.3 Å². The number of hydrogen-bond donors (Lipinski definition) is 1. The molecule has 0 saturated carbocycles. The number of anilines is 1. The molecule has 1 aliphatic heterocycles. The molecule has 3 aromatic rings. The van der Waals surface area contributed by atoms with Crippen LogP contribution < -0.4 is 24.3 Å². The van der Waals surface area contributed by atoms with Crippen molar-refractivity contribution in [2.45, 2.75) is 0 Å². The minimum Gasteiger partial charge on any atom is -0.497 e. The van der Waals surface area contributed by atoms with Crippen LogP contribution in [0.5, 0.6) is 23.0 Å². The molecule has 1 amide bonds. The second-order valence-corrected chi connectivity index (χ2v) is 6.70. The summed E-state index contributed by atoms with van der Waals surface area (Å²) in [5.74, 6) is 2.05. The number of hydrogen-bond acceptors (Lipinski definition) is 5. The van der Waals surface area contributed by atoms with E-state index >= 15 is 0 Å². The third-order valence-corrected chi connectivity index (χ3v) is 4.83. The molecule has 29 heavy (non-hydrogen) atoms.